The zero-order valence-electron chi connectivity index (χ0n) is 36.6. The number of rotatable bonds is 44. The number of guanidine groups is 1. The van der Waals surface area contributed by atoms with E-state index >= 15 is 0 Å². The standard InChI is InChI=1S/C48H97N5/c1-4-7-10-12-14-16-18-20-22-24-26-28-30-32-34-36-43-52(42-9-6-3)45-38-39-46-53(47-40-41-51-48(49)50)44-37-35-33-31-29-27-25-23-21-19-17-15-13-11-8-5-2/h20-23H,4-19,24-47H2,1-3H3,(H4,49,50,51). The summed E-state index contributed by atoms with van der Waals surface area (Å²) in [6.07, 6.45) is 54.5. The molecule has 0 aromatic heterocycles. The molecule has 0 unspecified atom stereocenters. The largest absolute Gasteiger partial charge is 0.370 e. The quantitative estimate of drug-likeness (QED) is 0.0282. The van der Waals surface area contributed by atoms with Crippen LogP contribution in [0.15, 0.2) is 29.3 Å². The molecule has 0 bridgehead atoms. The van der Waals surface area contributed by atoms with Crippen molar-refractivity contribution < 1.29 is 0 Å². The van der Waals surface area contributed by atoms with E-state index in [-0.39, 0.29) is 5.96 Å². The summed E-state index contributed by atoms with van der Waals surface area (Å²) in [7, 11) is 0. The van der Waals surface area contributed by atoms with Gasteiger partial charge in [-0.05, 0) is 129 Å². The molecule has 0 fully saturated rings. The lowest BCUT2D eigenvalue weighted by molar-refractivity contribution is 0.232. The van der Waals surface area contributed by atoms with Gasteiger partial charge < -0.3 is 21.3 Å². The highest BCUT2D eigenvalue weighted by atomic mass is 15.1. The third kappa shape index (κ3) is 43.3. The molecule has 53 heavy (non-hydrogen) atoms. The van der Waals surface area contributed by atoms with Crippen LogP contribution in [0.1, 0.15) is 233 Å². The van der Waals surface area contributed by atoms with Crippen molar-refractivity contribution in [1.29, 1.82) is 0 Å². The smallest absolute Gasteiger partial charge is 0.185 e. The summed E-state index contributed by atoms with van der Waals surface area (Å²) in [5, 5.41) is 0. The van der Waals surface area contributed by atoms with Crippen LogP contribution in [0.2, 0.25) is 0 Å². The Labute approximate surface area is 334 Å². The topological polar surface area (TPSA) is 70.9 Å². The molecule has 0 atom stereocenters. The van der Waals surface area contributed by atoms with Gasteiger partial charge >= 0.3 is 0 Å². The Morgan fingerprint density at radius 2 is 0.604 bits per heavy atom. The van der Waals surface area contributed by atoms with Crippen molar-refractivity contribution >= 4 is 5.96 Å². The normalized spacial score (nSPS) is 12.0. The Morgan fingerprint density at radius 3 is 0.943 bits per heavy atom. The second kappa shape index (κ2) is 45.1. The van der Waals surface area contributed by atoms with Crippen LogP contribution >= 0.6 is 0 Å². The third-order valence-corrected chi connectivity index (χ3v) is 10.9. The van der Waals surface area contributed by atoms with Crippen LogP contribution in [-0.4, -0.2) is 61.6 Å². The van der Waals surface area contributed by atoms with Crippen molar-refractivity contribution in [2.45, 2.75) is 233 Å². The van der Waals surface area contributed by atoms with Crippen LogP contribution < -0.4 is 11.5 Å². The fourth-order valence-electron chi connectivity index (χ4n) is 7.39. The highest BCUT2D eigenvalue weighted by Gasteiger charge is 2.08. The molecular weight excluding hydrogens is 647 g/mol. The van der Waals surface area contributed by atoms with Gasteiger partial charge in [-0.25, -0.2) is 0 Å². The number of unbranched alkanes of at least 4 members (excludes halogenated alkanes) is 26. The molecule has 0 saturated carbocycles. The second-order valence-corrected chi connectivity index (χ2v) is 16.3. The highest BCUT2D eigenvalue weighted by molar-refractivity contribution is 5.75. The fourth-order valence-corrected chi connectivity index (χ4v) is 7.39. The summed E-state index contributed by atoms with van der Waals surface area (Å²) >= 11 is 0. The first kappa shape index (κ1) is 51.7. The molecular formula is C48H97N5. The summed E-state index contributed by atoms with van der Waals surface area (Å²) in [6.45, 7) is 15.0. The van der Waals surface area contributed by atoms with E-state index in [0.717, 1.165) is 19.5 Å². The number of aliphatic imine (C=N–C) groups is 1. The maximum atomic E-state index is 5.58. The Bertz CT molecular complexity index is 774. The zero-order chi connectivity index (χ0) is 38.6. The summed E-state index contributed by atoms with van der Waals surface area (Å²) in [4.78, 5) is 9.70. The van der Waals surface area contributed by atoms with Crippen molar-refractivity contribution in [2.75, 3.05) is 45.8 Å². The first-order valence-corrected chi connectivity index (χ1v) is 23.9. The first-order chi connectivity index (χ1) is 26.1. The van der Waals surface area contributed by atoms with E-state index in [1.54, 1.807) is 0 Å². The molecule has 0 aliphatic heterocycles. The van der Waals surface area contributed by atoms with Crippen LogP contribution in [0, 0.1) is 0 Å². The van der Waals surface area contributed by atoms with Crippen molar-refractivity contribution in [3.63, 3.8) is 0 Å². The average Bonchev–Trinajstić information content (AvgIpc) is 3.15. The predicted molar refractivity (Wildman–Crippen MR) is 241 cm³/mol. The Morgan fingerprint density at radius 1 is 0.340 bits per heavy atom. The van der Waals surface area contributed by atoms with Gasteiger partial charge in [-0.15, -0.1) is 0 Å². The van der Waals surface area contributed by atoms with E-state index < -0.39 is 0 Å². The van der Waals surface area contributed by atoms with Gasteiger partial charge in [0.2, 0.25) is 0 Å². The first-order valence-electron chi connectivity index (χ1n) is 23.9. The summed E-state index contributed by atoms with van der Waals surface area (Å²) < 4.78 is 0. The van der Waals surface area contributed by atoms with Crippen molar-refractivity contribution in [1.82, 2.24) is 9.80 Å². The molecule has 4 N–H and O–H groups in total. The lowest BCUT2D eigenvalue weighted by atomic mass is 10.1. The van der Waals surface area contributed by atoms with Gasteiger partial charge in [-0.1, -0.05) is 167 Å². The minimum absolute atomic E-state index is 0.221. The lowest BCUT2D eigenvalue weighted by Gasteiger charge is -2.25. The van der Waals surface area contributed by atoms with E-state index in [9.17, 15) is 0 Å². The molecule has 0 rings (SSSR count). The number of hydrogen-bond acceptors (Lipinski definition) is 3. The van der Waals surface area contributed by atoms with Crippen LogP contribution in [-0.2, 0) is 0 Å². The molecule has 0 aliphatic carbocycles. The second-order valence-electron chi connectivity index (χ2n) is 16.3. The predicted octanol–water partition coefficient (Wildman–Crippen LogP) is 13.9. The maximum absolute atomic E-state index is 5.58. The molecule has 0 spiro atoms. The molecule has 5 heteroatoms. The van der Waals surface area contributed by atoms with E-state index in [4.69, 9.17) is 11.5 Å². The number of allylic oxidation sites excluding steroid dienone is 4. The maximum Gasteiger partial charge on any atom is 0.185 e. The minimum Gasteiger partial charge on any atom is -0.370 e. The SMILES string of the molecule is CCCCCCCCC=CCCCCCCCCN(CCCC)CCCCN(CCCCCCCCC=CCCCCCCCC)CCCN=C(N)N. The van der Waals surface area contributed by atoms with Gasteiger partial charge in [-0.3, -0.25) is 4.99 Å². The molecule has 0 saturated heterocycles. The van der Waals surface area contributed by atoms with Crippen LogP contribution in [0.4, 0.5) is 0 Å². The fraction of sp³-hybridized carbons (Fsp3) is 0.896. The van der Waals surface area contributed by atoms with E-state index in [0.29, 0.717) is 0 Å². The lowest BCUT2D eigenvalue weighted by Crippen LogP contribution is -2.30. The Balaban J connectivity index is 4.11. The summed E-state index contributed by atoms with van der Waals surface area (Å²) in [5.74, 6) is 0.221. The highest BCUT2D eigenvalue weighted by Crippen LogP contribution is 2.13. The van der Waals surface area contributed by atoms with E-state index in [1.165, 1.54) is 238 Å². The number of nitrogens with two attached hydrogens (primary N) is 2. The molecule has 5 nitrogen and oxygen atoms in total. The van der Waals surface area contributed by atoms with Gasteiger partial charge in [0.05, 0.1) is 0 Å². The minimum atomic E-state index is 0.221. The van der Waals surface area contributed by atoms with Gasteiger partial charge in [0.25, 0.3) is 0 Å². The molecule has 0 radical (unpaired) electrons. The summed E-state index contributed by atoms with van der Waals surface area (Å²) in [6, 6.07) is 0. The van der Waals surface area contributed by atoms with Gasteiger partial charge in [0.15, 0.2) is 5.96 Å². The molecule has 0 heterocycles. The van der Waals surface area contributed by atoms with Gasteiger partial charge in [0.1, 0.15) is 0 Å². The molecule has 0 aromatic carbocycles. The van der Waals surface area contributed by atoms with Crippen LogP contribution in [0.5, 0.6) is 0 Å². The van der Waals surface area contributed by atoms with Crippen molar-refractivity contribution in [3.8, 4) is 0 Å². The molecule has 314 valence electrons. The van der Waals surface area contributed by atoms with Crippen molar-refractivity contribution in [3.05, 3.63) is 24.3 Å². The monoisotopic (exact) mass is 744 g/mol. The number of nitrogens with zero attached hydrogens (tertiary/aromatic N) is 3. The zero-order valence-corrected chi connectivity index (χ0v) is 36.6. The molecule has 0 aromatic rings. The molecule has 0 amide bonds. The molecule has 0 aliphatic rings. The van der Waals surface area contributed by atoms with E-state index in [1.807, 2.05) is 0 Å². The third-order valence-electron chi connectivity index (χ3n) is 10.9. The van der Waals surface area contributed by atoms with Gasteiger partial charge in [-0.2, -0.15) is 0 Å². The van der Waals surface area contributed by atoms with Crippen LogP contribution in [0.25, 0.3) is 0 Å². The van der Waals surface area contributed by atoms with Crippen LogP contribution in [0.3, 0.4) is 0 Å². The number of hydrogen-bond donors (Lipinski definition) is 2. The average molecular weight is 744 g/mol. The Kier molecular flexibility index (Phi) is 43.9. The van der Waals surface area contributed by atoms with Gasteiger partial charge in [0, 0.05) is 6.54 Å². The van der Waals surface area contributed by atoms with E-state index in [2.05, 4.69) is 59.9 Å². The Hall–Kier alpha value is -1.33. The van der Waals surface area contributed by atoms with Crippen molar-refractivity contribution in [2.24, 2.45) is 16.5 Å². The summed E-state index contributed by atoms with van der Waals surface area (Å²) in [5.41, 5.74) is 11.2.